The van der Waals surface area contributed by atoms with Gasteiger partial charge in [-0.05, 0) is 34.7 Å². The van der Waals surface area contributed by atoms with Gasteiger partial charge < -0.3 is 4.90 Å². The summed E-state index contributed by atoms with van der Waals surface area (Å²) in [6.45, 7) is 0.343. The Morgan fingerprint density at radius 1 is 1.00 bits per heavy atom. The molecule has 0 aromatic heterocycles. The smallest absolute Gasteiger partial charge is 0.236 e. The Labute approximate surface area is 154 Å². The van der Waals surface area contributed by atoms with Gasteiger partial charge in [-0.15, -0.1) is 0 Å². The normalized spacial score (nSPS) is 15.0. The highest BCUT2D eigenvalue weighted by atomic mass is 16.2. The lowest BCUT2D eigenvalue weighted by Crippen LogP contribution is -2.38. The van der Waals surface area contributed by atoms with Crippen LogP contribution in [-0.2, 0) is 4.79 Å². The third-order valence-corrected chi connectivity index (χ3v) is 5.21. The maximum atomic E-state index is 12.5. The van der Waals surface area contributed by atoms with Crippen LogP contribution in [0.2, 0.25) is 0 Å². The van der Waals surface area contributed by atoms with Crippen LogP contribution in [0.15, 0.2) is 72.8 Å². The lowest BCUT2D eigenvalue weighted by atomic mass is 9.93. The first kappa shape index (κ1) is 16.8. The third-order valence-electron chi connectivity index (χ3n) is 5.21. The van der Waals surface area contributed by atoms with E-state index in [1.807, 2.05) is 30.1 Å². The van der Waals surface area contributed by atoms with E-state index >= 15 is 0 Å². The van der Waals surface area contributed by atoms with Gasteiger partial charge in [-0.25, -0.2) is 0 Å². The van der Waals surface area contributed by atoms with E-state index in [1.54, 1.807) is 0 Å². The minimum Gasteiger partial charge on any atom is -0.342 e. The molecule has 0 spiro atoms. The zero-order valence-electron chi connectivity index (χ0n) is 15.1. The van der Waals surface area contributed by atoms with E-state index in [-0.39, 0.29) is 11.9 Å². The van der Waals surface area contributed by atoms with E-state index in [9.17, 15) is 4.79 Å². The number of hydrogen-bond donors (Lipinski definition) is 1. The fraction of sp³-hybridized carbons (Fsp3) is 0.261. The summed E-state index contributed by atoms with van der Waals surface area (Å²) < 4.78 is 0. The predicted molar refractivity (Wildman–Crippen MR) is 106 cm³/mol. The van der Waals surface area contributed by atoms with Crippen molar-refractivity contribution < 1.29 is 4.79 Å². The summed E-state index contributed by atoms with van der Waals surface area (Å²) in [5.74, 6) is 0.161. The number of likely N-dealkylation sites (N-methyl/N-ethyl adjacent to an activating group) is 1. The molecule has 1 aliphatic rings. The van der Waals surface area contributed by atoms with Gasteiger partial charge in [-0.2, -0.15) is 0 Å². The van der Waals surface area contributed by atoms with Crippen LogP contribution in [0.25, 0.3) is 10.8 Å². The second-order valence-corrected chi connectivity index (χ2v) is 7.03. The fourth-order valence-corrected chi connectivity index (χ4v) is 3.53. The third kappa shape index (κ3) is 3.49. The van der Waals surface area contributed by atoms with Gasteiger partial charge in [0, 0.05) is 13.1 Å². The van der Waals surface area contributed by atoms with Gasteiger partial charge in [0.05, 0.1) is 12.6 Å². The molecule has 26 heavy (non-hydrogen) atoms. The Bertz CT molecular complexity index is 897. The number of nitrogens with zero attached hydrogens (tertiary/aromatic N) is 1. The quantitative estimate of drug-likeness (QED) is 0.729. The summed E-state index contributed by atoms with van der Waals surface area (Å²) >= 11 is 0. The van der Waals surface area contributed by atoms with E-state index in [2.05, 4.69) is 59.9 Å². The lowest BCUT2D eigenvalue weighted by Gasteiger charge is -2.23. The number of carbonyl (C=O) groups is 1. The molecule has 3 nitrogen and oxygen atoms in total. The van der Waals surface area contributed by atoms with Crippen molar-refractivity contribution in [2.24, 2.45) is 0 Å². The maximum Gasteiger partial charge on any atom is 0.236 e. The first-order valence-electron chi connectivity index (χ1n) is 9.25. The van der Waals surface area contributed by atoms with Gasteiger partial charge in [0.25, 0.3) is 0 Å². The molecule has 1 N–H and O–H groups in total. The van der Waals surface area contributed by atoms with Crippen LogP contribution in [-0.4, -0.2) is 30.4 Å². The van der Waals surface area contributed by atoms with E-state index in [1.165, 1.54) is 21.9 Å². The van der Waals surface area contributed by atoms with Crippen LogP contribution in [0.3, 0.4) is 0 Å². The molecule has 1 atom stereocenters. The molecule has 4 rings (SSSR count). The van der Waals surface area contributed by atoms with Gasteiger partial charge in [-0.1, -0.05) is 72.8 Å². The molecule has 1 fully saturated rings. The van der Waals surface area contributed by atoms with Crippen molar-refractivity contribution >= 4 is 16.7 Å². The Hall–Kier alpha value is -2.65. The van der Waals surface area contributed by atoms with Crippen molar-refractivity contribution in [3.8, 4) is 0 Å². The van der Waals surface area contributed by atoms with Crippen LogP contribution >= 0.6 is 0 Å². The Morgan fingerprint density at radius 2 is 1.69 bits per heavy atom. The molecule has 0 radical (unpaired) electrons. The van der Waals surface area contributed by atoms with Crippen molar-refractivity contribution in [1.82, 2.24) is 10.2 Å². The summed E-state index contributed by atoms with van der Waals surface area (Å²) in [4.78, 5) is 14.4. The van der Waals surface area contributed by atoms with Crippen molar-refractivity contribution in [3.63, 3.8) is 0 Å². The SMILES string of the molecule is CN(C(=O)CNC(c1ccccc1)c1cccc2ccccc12)C1CC1. The van der Waals surface area contributed by atoms with Crippen LogP contribution in [0.5, 0.6) is 0 Å². The summed E-state index contributed by atoms with van der Waals surface area (Å²) in [6, 6.07) is 25.6. The number of benzene rings is 3. The first-order chi connectivity index (χ1) is 12.7. The standard InChI is InChI=1S/C23H24N2O/c1-25(19-14-15-19)22(26)16-24-23(18-9-3-2-4-10-18)21-13-7-11-17-8-5-6-12-20(17)21/h2-13,19,23-24H,14-16H2,1H3. The highest BCUT2D eigenvalue weighted by Gasteiger charge is 2.29. The molecule has 3 aromatic rings. The van der Waals surface area contributed by atoms with Gasteiger partial charge in [0.15, 0.2) is 0 Å². The number of nitrogens with one attached hydrogen (secondary N) is 1. The second kappa shape index (κ2) is 7.30. The number of amides is 1. The van der Waals surface area contributed by atoms with Gasteiger partial charge in [-0.3, -0.25) is 10.1 Å². The zero-order chi connectivity index (χ0) is 17.9. The largest absolute Gasteiger partial charge is 0.342 e. The van der Waals surface area contributed by atoms with Crippen LogP contribution in [0.4, 0.5) is 0 Å². The average Bonchev–Trinajstić information content (AvgIpc) is 3.53. The van der Waals surface area contributed by atoms with Crippen LogP contribution in [0, 0.1) is 0 Å². The van der Waals surface area contributed by atoms with E-state index < -0.39 is 0 Å². The Balaban J connectivity index is 1.66. The maximum absolute atomic E-state index is 12.5. The molecule has 0 aliphatic heterocycles. The predicted octanol–water partition coefficient (Wildman–Crippen LogP) is 4.14. The monoisotopic (exact) mass is 344 g/mol. The fourth-order valence-electron chi connectivity index (χ4n) is 3.53. The van der Waals surface area contributed by atoms with E-state index in [0.717, 1.165) is 12.8 Å². The topological polar surface area (TPSA) is 32.3 Å². The first-order valence-corrected chi connectivity index (χ1v) is 9.25. The molecule has 1 amide bonds. The minimum absolute atomic E-state index is 0.0150. The molecule has 0 bridgehead atoms. The minimum atomic E-state index is -0.0150. The van der Waals surface area contributed by atoms with Crippen molar-refractivity contribution in [2.75, 3.05) is 13.6 Å². The molecule has 1 aliphatic carbocycles. The lowest BCUT2D eigenvalue weighted by molar-refractivity contribution is -0.129. The van der Waals surface area contributed by atoms with E-state index in [0.29, 0.717) is 12.6 Å². The molecule has 0 saturated heterocycles. The number of hydrogen-bond acceptors (Lipinski definition) is 2. The number of fused-ring (bicyclic) bond motifs is 1. The highest BCUT2D eigenvalue weighted by Crippen LogP contribution is 2.29. The van der Waals surface area contributed by atoms with Crippen LogP contribution in [0.1, 0.15) is 30.0 Å². The van der Waals surface area contributed by atoms with Gasteiger partial charge in [0.2, 0.25) is 5.91 Å². The van der Waals surface area contributed by atoms with Crippen LogP contribution < -0.4 is 5.32 Å². The highest BCUT2D eigenvalue weighted by molar-refractivity contribution is 5.86. The summed E-state index contributed by atoms with van der Waals surface area (Å²) in [5, 5.41) is 5.96. The molecule has 1 unspecified atom stereocenters. The summed E-state index contributed by atoms with van der Waals surface area (Å²) in [5.41, 5.74) is 2.38. The second-order valence-electron chi connectivity index (χ2n) is 7.03. The Morgan fingerprint density at radius 3 is 2.46 bits per heavy atom. The zero-order valence-corrected chi connectivity index (χ0v) is 15.1. The molecule has 0 heterocycles. The number of carbonyl (C=O) groups excluding carboxylic acids is 1. The summed E-state index contributed by atoms with van der Waals surface area (Å²) in [6.07, 6.45) is 2.27. The van der Waals surface area contributed by atoms with Gasteiger partial charge in [0.1, 0.15) is 0 Å². The summed E-state index contributed by atoms with van der Waals surface area (Å²) in [7, 11) is 1.91. The molecule has 3 heteroatoms. The van der Waals surface area contributed by atoms with Crippen molar-refractivity contribution in [3.05, 3.63) is 83.9 Å². The molecule has 132 valence electrons. The average molecular weight is 344 g/mol. The molecular formula is C23H24N2O. The molecule has 1 saturated carbocycles. The molecular weight excluding hydrogens is 320 g/mol. The van der Waals surface area contributed by atoms with Crippen molar-refractivity contribution in [1.29, 1.82) is 0 Å². The van der Waals surface area contributed by atoms with Gasteiger partial charge >= 0.3 is 0 Å². The van der Waals surface area contributed by atoms with E-state index in [4.69, 9.17) is 0 Å². The number of rotatable bonds is 6. The Kier molecular flexibility index (Phi) is 4.72. The van der Waals surface area contributed by atoms with Crippen molar-refractivity contribution in [2.45, 2.75) is 24.9 Å². The molecule has 3 aromatic carbocycles.